The normalized spacial score (nSPS) is 19.8. The minimum absolute atomic E-state index is 0. The molecular formula is C21H24ClFN4. The van der Waals surface area contributed by atoms with Gasteiger partial charge >= 0.3 is 0 Å². The highest BCUT2D eigenvalue weighted by molar-refractivity contribution is 5.85. The Labute approximate surface area is 165 Å². The molecule has 2 aromatic carbocycles. The molecule has 1 saturated heterocycles. The van der Waals surface area contributed by atoms with Crippen molar-refractivity contribution in [1.29, 1.82) is 0 Å². The largest absolute Gasteiger partial charge is 0.326 e. The lowest BCUT2D eigenvalue weighted by Gasteiger charge is -2.15. The van der Waals surface area contributed by atoms with Crippen LogP contribution in [0, 0.1) is 11.7 Å². The molecule has 1 aromatic heterocycles. The molecule has 2 unspecified atom stereocenters. The van der Waals surface area contributed by atoms with Crippen molar-refractivity contribution in [3.63, 3.8) is 0 Å². The van der Waals surface area contributed by atoms with Crippen LogP contribution in [-0.4, -0.2) is 33.8 Å². The zero-order valence-electron chi connectivity index (χ0n) is 15.3. The molecule has 27 heavy (non-hydrogen) atoms. The first-order chi connectivity index (χ1) is 12.6. The maximum Gasteiger partial charge on any atom is 0.123 e. The molecule has 1 aliphatic heterocycles. The van der Waals surface area contributed by atoms with Gasteiger partial charge in [0.25, 0.3) is 0 Å². The lowest BCUT2D eigenvalue weighted by molar-refractivity contribution is 0.319. The summed E-state index contributed by atoms with van der Waals surface area (Å²) >= 11 is 0. The van der Waals surface area contributed by atoms with E-state index in [9.17, 15) is 4.39 Å². The Hall–Kier alpha value is -2.21. The van der Waals surface area contributed by atoms with E-state index in [0.717, 1.165) is 42.1 Å². The van der Waals surface area contributed by atoms with Crippen molar-refractivity contribution in [3.8, 4) is 16.9 Å². The summed E-state index contributed by atoms with van der Waals surface area (Å²) in [6.07, 6.45) is 2.07. The molecule has 0 bridgehead atoms. The third kappa shape index (κ3) is 4.21. The average Bonchev–Trinajstić information content (AvgIpc) is 3.20. The number of nitrogens with zero attached hydrogens (tertiary/aromatic N) is 3. The van der Waals surface area contributed by atoms with Crippen molar-refractivity contribution in [3.05, 3.63) is 72.2 Å². The predicted octanol–water partition coefficient (Wildman–Crippen LogP) is 3.88. The number of nitrogens with two attached hydrogens (primary N) is 1. The van der Waals surface area contributed by atoms with Gasteiger partial charge in [0.15, 0.2) is 0 Å². The molecule has 142 valence electrons. The SMILES string of the molecule is CC1CN(Cc2cn(-c3ccccc3)nc2-c2ccc(F)cc2)CC1N.Cl. The smallest absolute Gasteiger partial charge is 0.123 e. The topological polar surface area (TPSA) is 47.1 Å². The molecular weight excluding hydrogens is 363 g/mol. The van der Waals surface area contributed by atoms with Crippen LogP contribution in [0.15, 0.2) is 60.8 Å². The van der Waals surface area contributed by atoms with Gasteiger partial charge in [-0.05, 0) is 42.3 Å². The van der Waals surface area contributed by atoms with Crippen LogP contribution in [0.25, 0.3) is 16.9 Å². The third-order valence-corrected chi connectivity index (χ3v) is 5.07. The van der Waals surface area contributed by atoms with Gasteiger partial charge in [-0.1, -0.05) is 25.1 Å². The zero-order chi connectivity index (χ0) is 18.1. The number of benzene rings is 2. The number of para-hydroxylation sites is 1. The maximum absolute atomic E-state index is 13.3. The van der Waals surface area contributed by atoms with Crippen LogP contribution < -0.4 is 5.73 Å². The molecule has 2 heterocycles. The molecule has 1 fully saturated rings. The van der Waals surface area contributed by atoms with E-state index in [1.807, 2.05) is 35.0 Å². The van der Waals surface area contributed by atoms with Crippen LogP contribution in [0.2, 0.25) is 0 Å². The van der Waals surface area contributed by atoms with Crippen molar-refractivity contribution >= 4 is 12.4 Å². The van der Waals surface area contributed by atoms with Crippen molar-refractivity contribution < 1.29 is 4.39 Å². The second-order valence-electron chi connectivity index (χ2n) is 7.13. The van der Waals surface area contributed by atoms with Crippen LogP contribution in [0.4, 0.5) is 4.39 Å². The van der Waals surface area contributed by atoms with Gasteiger partial charge in [0.2, 0.25) is 0 Å². The van der Waals surface area contributed by atoms with Crippen molar-refractivity contribution in [2.45, 2.75) is 19.5 Å². The number of rotatable bonds is 4. The monoisotopic (exact) mass is 386 g/mol. The molecule has 0 amide bonds. The highest BCUT2D eigenvalue weighted by Gasteiger charge is 2.27. The first kappa shape index (κ1) is 19.5. The second-order valence-corrected chi connectivity index (χ2v) is 7.13. The first-order valence-corrected chi connectivity index (χ1v) is 8.98. The van der Waals surface area contributed by atoms with Gasteiger partial charge in [-0.3, -0.25) is 4.90 Å². The lowest BCUT2D eigenvalue weighted by Crippen LogP contribution is -2.28. The molecule has 1 aliphatic rings. The van der Waals surface area contributed by atoms with Crippen LogP contribution in [0.5, 0.6) is 0 Å². The van der Waals surface area contributed by atoms with Crippen LogP contribution in [0.3, 0.4) is 0 Å². The zero-order valence-corrected chi connectivity index (χ0v) is 16.1. The minimum Gasteiger partial charge on any atom is -0.326 e. The summed E-state index contributed by atoms with van der Waals surface area (Å²) in [5.74, 6) is 0.255. The van der Waals surface area contributed by atoms with E-state index in [0.29, 0.717) is 5.92 Å². The maximum atomic E-state index is 13.3. The van der Waals surface area contributed by atoms with Crippen LogP contribution in [-0.2, 0) is 6.54 Å². The molecule has 2 atom stereocenters. The fraction of sp³-hybridized carbons (Fsp3) is 0.286. The number of likely N-dealkylation sites (tertiary alicyclic amines) is 1. The van der Waals surface area contributed by atoms with Crippen molar-refractivity contribution in [2.75, 3.05) is 13.1 Å². The number of halogens is 2. The summed E-state index contributed by atoms with van der Waals surface area (Å²) in [7, 11) is 0. The quantitative estimate of drug-likeness (QED) is 0.740. The molecule has 0 radical (unpaired) electrons. The molecule has 2 N–H and O–H groups in total. The Morgan fingerprint density at radius 2 is 1.78 bits per heavy atom. The van der Waals surface area contributed by atoms with E-state index in [1.54, 1.807) is 12.1 Å². The Morgan fingerprint density at radius 1 is 1.07 bits per heavy atom. The Bertz CT molecular complexity index is 869. The summed E-state index contributed by atoms with van der Waals surface area (Å²) in [6.45, 7) is 4.86. The summed E-state index contributed by atoms with van der Waals surface area (Å²) in [4.78, 5) is 2.37. The summed E-state index contributed by atoms with van der Waals surface area (Å²) < 4.78 is 15.2. The van der Waals surface area contributed by atoms with E-state index < -0.39 is 0 Å². The Morgan fingerprint density at radius 3 is 2.41 bits per heavy atom. The lowest BCUT2D eigenvalue weighted by atomic mass is 10.1. The molecule has 0 aliphatic carbocycles. The van der Waals surface area contributed by atoms with Gasteiger partial charge in [-0.15, -0.1) is 12.4 Å². The van der Waals surface area contributed by atoms with Gasteiger partial charge in [0, 0.05) is 43.0 Å². The highest BCUT2D eigenvalue weighted by atomic mass is 35.5. The second kappa shape index (κ2) is 8.21. The predicted molar refractivity (Wildman–Crippen MR) is 109 cm³/mol. The van der Waals surface area contributed by atoms with Crippen LogP contribution >= 0.6 is 12.4 Å². The summed E-state index contributed by atoms with van der Waals surface area (Å²) in [6, 6.07) is 16.8. The number of hydrogen-bond acceptors (Lipinski definition) is 3. The standard InChI is InChI=1S/C21H23FN4.ClH/c1-15-11-25(14-20(15)23)12-17-13-26(19-5-3-2-4-6-19)24-21(17)16-7-9-18(22)10-8-16;/h2-10,13,15,20H,11-12,14,23H2,1H3;1H. The summed E-state index contributed by atoms with van der Waals surface area (Å²) in [5.41, 5.74) is 10.1. The van der Waals surface area contributed by atoms with Gasteiger partial charge < -0.3 is 5.73 Å². The molecule has 4 nitrogen and oxygen atoms in total. The third-order valence-electron chi connectivity index (χ3n) is 5.07. The summed E-state index contributed by atoms with van der Waals surface area (Å²) in [5, 5.41) is 4.80. The Kier molecular flexibility index (Phi) is 5.95. The van der Waals surface area contributed by atoms with Crippen molar-refractivity contribution in [1.82, 2.24) is 14.7 Å². The first-order valence-electron chi connectivity index (χ1n) is 8.98. The molecule has 3 aromatic rings. The Balaban J connectivity index is 0.00000210. The minimum atomic E-state index is -0.239. The molecule has 0 spiro atoms. The van der Waals surface area contributed by atoms with Gasteiger partial charge in [0.05, 0.1) is 11.4 Å². The average molecular weight is 387 g/mol. The molecule has 4 rings (SSSR count). The number of aromatic nitrogens is 2. The van der Waals surface area contributed by atoms with Crippen molar-refractivity contribution in [2.24, 2.45) is 11.7 Å². The van der Waals surface area contributed by atoms with E-state index in [-0.39, 0.29) is 24.3 Å². The van der Waals surface area contributed by atoms with Crippen LogP contribution in [0.1, 0.15) is 12.5 Å². The number of hydrogen-bond donors (Lipinski definition) is 1. The fourth-order valence-electron chi connectivity index (χ4n) is 3.55. The molecule has 0 saturated carbocycles. The fourth-order valence-corrected chi connectivity index (χ4v) is 3.55. The van der Waals surface area contributed by atoms with E-state index in [4.69, 9.17) is 10.8 Å². The highest BCUT2D eigenvalue weighted by Crippen LogP contribution is 2.27. The van der Waals surface area contributed by atoms with E-state index >= 15 is 0 Å². The van der Waals surface area contributed by atoms with Gasteiger partial charge in [-0.25, -0.2) is 9.07 Å². The van der Waals surface area contributed by atoms with E-state index in [2.05, 4.69) is 18.0 Å². The van der Waals surface area contributed by atoms with Gasteiger partial charge in [-0.2, -0.15) is 5.10 Å². The van der Waals surface area contributed by atoms with E-state index in [1.165, 1.54) is 12.1 Å². The van der Waals surface area contributed by atoms with Gasteiger partial charge in [0.1, 0.15) is 5.82 Å². The molecule has 6 heteroatoms.